The van der Waals surface area contributed by atoms with Gasteiger partial charge in [0.15, 0.2) is 0 Å². The van der Waals surface area contributed by atoms with Crippen LogP contribution < -0.4 is 5.73 Å². The van der Waals surface area contributed by atoms with E-state index in [9.17, 15) is 0 Å². The van der Waals surface area contributed by atoms with Crippen LogP contribution in [-0.4, -0.2) is 15.8 Å². The minimum Gasteiger partial charge on any atom is -0.327 e. The van der Waals surface area contributed by atoms with Crippen LogP contribution in [0.5, 0.6) is 0 Å². The summed E-state index contributed by atoms with van der Waals surface area (Å²) in [5.74, 6) is 0. The van der Waals surface area contributed by atoms with Gasteiger partial charge in [0.1, 0.15) is 0 Å². The highest BCUT2D eigenvalue weighted by Gasteiger charge is 2.10. The fourth-order valence-corrected chi connectivity index (χ4v) is 2.72. The molecule has 0 amide bonds. The average Bonchev–Trinajstić information content (AvgIpc) is 2.87. The molecule has 1 aromatic heterocycles. The molecule has 0 aliphatic rings. The van der Waals surface area contributed by atoms with Crippen molar-refractivity contribution < 1.29 is 0 Å². The highest BCUT2D eigenvalue weighted by Crippen LogP contribution is 2.12. The van der Waals surface area contributed by atoms with Crippen molar-refractivity contribution in [2.24, 2.45) is 5.73 Å². The van der Waals surface area contributed by atoms with Gasteiger partial charge in [0.25, 0.3) is 0 Å². The van der Waals surface area contributed by atoms with Gasteiger partial charge in [-0.25, -0.2) is 0 Å². The van der Waals surface area contributed by atoms with E-state index >= 15 is 0 Å². The molecule has 2 N–H and O–H groups in total. The highest BCUT2D eigenvalue weighted by atomic mass is 15.3. The summed E-state index contributed by atoms with van der Waals surface area (Å²) in [6.45, 7) is 7.33. The summed E-state index contributed by atoms with van der Waals surface area (Å²) in [5.41, 5.74) is 11.5. The van der Waals surface area contributed by atoms with Gasteiger partial charge in [-0.15, -0.1) is 0 Å². The van der Waals surface area contributed by atoms with E-state index in [2.05, 4.69) is 60.9 Å². The molecular weight excluding hydrogens is 258 g/mol. The van der Waals surface area contributed by atoms with Crippen molar-refractivity contribution >= 4 is 0 Å². The number of nitrogens with zero attached hydrogens (tertiary/aromatic N) is 2. The molecule has 0 aliphatic heterocycles. The molecule has 2 rings (SSSR count). The normalized spacial score (nSPS) is 12.6. The molecule has 0 saturated carbocycles. The van der Waals surface area contributed by atoms with Crippen LogP contribution >= 0.6 is 0 Å². The van der Waals surface area contributed by atoms with E-state index in [1.165, 1.54) is 16.8 Å². The molecular formula is C18H27N3. The third-order valence-corrected chi connectivity index (χ3v) is 3.93. The second kappa shape index (κ2) is 7.41. The quantitative estimate of drug-likeness (QED) is 0.848. The Morgan fingerprint density at radius 3 is 2.71 bits per heavy atom. The van der Waals surface area contributed by atoms with Crippen LogP contribution in [0.2, 0.25) is 0 Å². The Balaban J connectivity index is 1.92. The fourth-order valence-electron chi connectivity index (χ4n) is 2.72. The van der Waals surface area contributed by atoms with Crippen LogP contribution in [0.15, 0.2) is 30.3 Å². The maximum atomic E-state index is 6.32. The molecule has 0 spiro atoms. The molecule has 3 nitrogen and oxygen atoms in total. The molecule has 3 heteroatoms. The van der Waals surface area contributed by atoms with Gasteiger partial charge in [-0.2, -0.15) is 5.10 Å². The number of nitrogens with two attached hydrogens (primary N) is 1. The first kappa shape index (κ1) is 15.8. The van der Waals surface area contributed by atoms with Crippen molar-refractivity contribution in [1.82, 2.24) is 9.78 Å². The van der Waals surface area contributed by atoms with Crippen molar-refractivity contribution in [3.05, 3.63) is 52.8 Å². The van der Waals surface area contributed by atoms with Crippen molar-refractivity contribution in [3.8, 4) is 0 Å². The Hall–Kier alpha value is -1.61. The van der Waals surface area contributed by atoms with Crippen LogP contribution in [0.25, 0.3) is 0 Å². The summed E-state index contributed by atoms with van der Waals surface area (Å²) < 4.78 is 2.09. The zero-order valence-electron chi connectivity index (χ0n) is 13.5. The van der Waals surface area contributed by atoms with Gasteiger partial charge in [-0.1, -0.05) is 36.8 Å². The van der Waals surface area contributed by atoms with Gasteiger partial charge < -0.3 is 5.73 Å². The van der Waals surface area contributed by atoms with E-state index in [-0.39, 0.29) is 6.04 Å². The lowest BCUT2D eigenvalue weighted by atomic mass is 10.0. The summed E-state index contributed by atoms with van der Waals surface area (Å²) >= 11 is 0. The minimum atomic E-state index is 0.192. The Bertz CT molecular complexity index is 572. The topological polar surface area (TPSA) is 43.8 Å². The molecule has 0 aliphatic carbocycles. The van der Waals surface area contributed by atoms with E-state index in [0.717, 1.165) is 37.9 Å². The Labute approximate surface area is 128 Å². The van der Waals surface area contributed by atoms with Gasteiger partial charge in [0, 0.05) is 24.7 Å². The molecule has 2 aromatic rings. The van der Waals surface area contributed by atoms with Gasteiger partial charge >= 0.3 is 0 Å². The van der Waals surface area contributed by atoms with Gasteiger partial charge in [0.05, 0.1) is 5.69 Å². The molecule has 0 saturated heterocycles. The molecule has 0 radical (unpaired) electrons. The number of aromatic nitrogens is 2. The van der Waals surface area contributed by atoms with Gasteiger partial charge in [-0.3, -0.25) is 4.68 Å². The van der Waals surface area contributed by atoms with Crippen LogP contribution in [0.3, 0.4) is 0 Å². The van der Waals surface area contributed by atoms with Crippen molar-refractivity contribution in [3.63, 3.8) is 0 Å². The third-order valence-electron chi connectivity index (χ3n) is 3.93. The monoisotopic (exact) mass is 285 g/mol. The molecule has 1 unspecified atom stereocenters. The molecule has 21 heavy (non-hydrogen) atoms. The maximum absolute atomic E-state index is 6.32. The minimum absolute atomic E-state index is 0.192. The van der Waals surface area contributed by atoms with E-state index in [4.69, 9.17) is 5.73 Å². The highest BCUT2D eigenvalue weighted by molar-refractivity contribution is 5.22. The Morgan fingerprint density at radius 1 is 1.24 bits per heavy atom. The first-order chi connectivity index (χ1) is 10.1. The first-order valence-electron chi connectivity index (χ1n) is 7.99. The Kier molecular flexibility index (Phi) is 5.57. The molecule has 114 valence electrons. The van der Waals surface area contributed by atoms with E-state index in [1.807, 2.05) is 0 Å². The lowest BCUT2D eigenvalue weighted by Gasteiger charge is -2.12. The number of aryl methyl sites for hydroxylation is 4. The number of benzene rings is 1. The summed E-state index contributed by atoms with van der Waals surface area (Å²) in [6, 6.07) is 11.1. The van der Waals surface area contributed by atoms with Crippen LogP contribution in [0.1, 0.15) is 42.8 Å². The van der Waals surface area contributed by atoms with E-state index < -0.39 is 0 Å². The molecule has 0 bridgehead atoms. The Morgan fingerprint density at radius 2 is 2.05 bits per heavy atom. The van der Waals surface area contributed by atoms with Crippen LogP contribution in [0, 0.1) is 6.92 Å². The first-order valence-corrected chi connectivity index (χ1v) is 7.99. The lowest BCUT2D eigenvalue weighted by Crippen LogP contribution is -2.25. The van der Waals surface area contributed by atoms with Crippen LogP contribution in [0.4, 0.5) is 0 Å². The van der Waals surface area contributed by atoms with E-state index in [1.54, 1.807) is 0 Å². The number of hydrogen-bond donors (Lipinski definition) is 1. The van der Waals surface area contributed by atoms with Gasteiger partial charge in [-0.05, 0) is 44.7 Å². The molecule has 1 aromatic carbocycles. The summed E-state index contributed by atoms with van der Waals surface area (Å²) in [4.78, 5) is 0. The smallest absolute Gasteiger partial charge is 0.0624 e. The van der Waals surface area contributed by atoms with Crippen molar-refractivity contribution in [2.75, 3.05) is 0 Å². The zero-order chi connectivity index (χ0) is 15.2. The fraction of sp³-hybridized carbons (Fsp3) is 0.500. The summed E-state index contributed by atoms with van der Waals surface area (Å²) in [7, 11) is 0. The zero-order valence-corrected chi connectivity index (χ0v) is 13.5. The standard InChI is InChI=1S/C18H27N3/c1-4-17-13-18(21(5-2)20-17)12-16(19)10-9-15-8-6-7-14(3)11-15/h6-8,11,13,16H,4-5,9-10,12,19H2,1-3H3. The predicted octanol–water partition coefficient (Wildman–Crippen LogP) is 3.28. The number of rotatable bonds is 7. The molecule has 1 atom stereocenters. The van der Waals surface area contributed by atoms with Crippen molar-refractivity contribution in [2.45, 2.75) is 59.0 Å². The van der Waals surface area contributed by atoms with Gasteiger partial charge in [0.2, 0.25) is 0 Å². The number of hydrogen-bond acceptors (Lipinski definition) is 2. The maximum Gasteiger partial charge on any atom is 0.0624 e. The van der Waals surface area contributed by atoms with E-state index in [0.29, 0.717) is 0 Å². The van der Waals surface area contributed by atoms with Crippen molar-refractivity contribution in [1.29, 1.82) is 0 Å². The second-order valence-corrected chi connectivity index (χ2v) is 5.79. The summed E-state index contributed by atoms with van der Waals surface area (Å²) in [6.07, 6.45) is 3.95. The summed E-state index contributed by atoms with van der Waals surface area (Å²) in [5, 5.41) is 4.59. The average molecular weight is 285 g/mol. The third kappa shape index (κ3) is 4.43. The predicted molar refractivity (Wildman–Crippen MR) is 88.5 cm³/mol. The SMILES string of the molecule is CCc1cc(CC(N)CCc2cccc(C)c2)n(CC)n1. The molecule has 0 fully saturated rings. The molecule has 1 heterocycles. The largest absolute Gasteiger partial charge is 0.327 e. The lowest BCUT2D eigenvalue weighted by molar-refractivity contribution is 0.553. The van der Waals surface area contributed by atoms with Crippen LogP contribution in [-0.2, 0) is 25.8 Å². The second-order valence-electron chi connectivity index (χ2n) is 5.79.